The van der Waals surface area contributed by atoms with Crippen molar-refractivity contribution in [3.63, 3.8) is 0 Å². The Morgan fingerprint density at radius 2 is 1.04 bits per heavy atom. The minimum Gasteiger partial charge on any atom is -0.339 e. The van der Waals surface area contributed by atoms with Crippen LogP contribution < -0.4 is 11.0 Å². The Morgan fingerprint density at radius 1 is 0.708 bits per heavy atom. The predicted octanol–water partition coefficient (Wildman–Crippen LogP) is 2.96. The summed E-state index contributed by atoms with van der Waals surface area (Å²) in [6.45, 7) is 0. The van der Waals surface area contributed by atoms with Crippen molar-refractivity contribution in [3.8, 4) is 0 Å². The van der Waals surface area contributed by atoms with E-state index in [9.17, 15) is 18.4 Å². The van der Waals surface area contributed by atoms with Crippen LogP contribution in [0.1, 0.15) is 0 Å². The van der Waals surface area contributed by atoms with Crippen LogP contribution in [0, 0.1) is 11.6 Å². The molecule has 0 aromatic heterocycles. The number of anilines is 2. The van der Waals surface area contributed by atoms with Gasteiger partial charge in [-0.15, -0.1) is 0 Å². The van der Waals surface area contributed by atoms with Crippen LogP contribution in [-0.4, -0.2) is 11.9 Å². The third-order valence-electron chi connectivity index (χ3n) is 2.58. The number of nitrogens with one attached hydrogen (secondary N) is 2. The number of hydrogen-bond acceptors (Lipinski definition) is 6. The maximum Gasteiger partial charge on any atom is 0.355 e. The Balaban J connectivity index is 1.73. The summed E-state index contributed by atoms with van der Waals surface area (Å²) in [6, 6.07) is 10.2. The van der Waals surface area contributed by atoms with Crippen LogP contribution in [0.3, 0.4) is 0 Å². The summed E-state index contributed by atoms with van der Waals surface area (Å²) in [7, 11) is 0. The van der Waals surface area contributed by atoms with Gasteiger partial charge in [-0.05, 0) is 48.5 Å². The first-order valence-electron chi connectivity index (χ1n) is 6.66. The zero-order valence-corrected chi connectivity index (χ0v) is 12.2. The topological polar surface area (TPSA) is 76.7 Å². The lowest BCUT2D eigenvalue weighted by Crippen LogP contribution is -2.10. The summed E-state index contributed by atoms with van der Waals surface area (Å²) in [4.78, 5) is 32.0. The molecular weight excluding hydrogens is 322 g/mol. The fraction of sp³-hybridized carbons (Fsp3) is 0. The molecule has 0 saturated carbocycles. The first-order valence-corrected chi connectivity index (χ1v) is 6.66. The van der Waals surface area contributed by atoms with Crippen LogP contribution in [0.15, 0.2) is 60.7 Å². The van der Waals surface area contributed by atoms with Gasteiger partial charge in [0.15, 0.2) is 0 Å². The van der Waals surface area contributed by atoms with Crippen molar-refractivity contribution in [2.75, 3.05) is 11.0 Å². The van der Waals surface area contributed by atoms with Crippen molar-refractivity contribution in [2.45, 2.75) is 0 Å². The first-order chi connectivity index (χ1) is 11.5. The number of rotatable bonds is 6. The van der Waals surface area contributed by atoms with Gasteiger partial charge in [0.25, 0.3) is 0 Å². The largest absolute Gasteiger partial charge is 0.355 e. The molecule has 2 aromatic carbocycles. The molecule has 24 heavy (non-hydrogen) atoms. The van der Waals surface area contributed by atoms with E-state index in [4.69, 9.17) is 0 Å². The molecule has 0 spiro atoms. The third-order valence-corrected chi connectivity index (χ3v) is 2.58. The Labute approximate surface area is 135 Å². The monoisotopic (exact) mass is 334 g/mol. The van der Waals surface area contributed by atoms with Gasteiger partial charge in [-0.3, -0.25) is 0 Å². The number of benzene rings is 2. The van der Waals surface area contributed by atoms with E-state index in [0.29, 0.717) is 11.4 Å². The quantitative estimate of drug-likeness (QED) is 0.625. The van der Waals surface area contributed by atoms with E-state index in [1.54, 1.807) is 0 Å². The summed E-state index contributed by atoms with van der Waals surface area (Å²) < 4.78 is 25.4. The normalized spacial score (nSPS) is 10.2. The van der Waals surface area contributed by atoms with Gasteiger partial charge in [-0.25, -0.2) is 29.3 Å². The molecule has 0 unspecified atom stereocenters. The van der Waals surface area contributed by atoms with Gasteiger partial charge < -0.3 is 9.68 Å². The standard InChI is InChI=1S/C16H12F2N2O4/c17-11-1-5-13(6-2-11)19-23-15(21)9-10-16(22)24-20-14-7-3-12(18)4-8-14/h1-10,19-20H. The van der Waals surface area contributed by atoms with Crippen LogP contribution >= 0.6 is 0 Å². The molecule has 0 radical (unpaired) electrons. The Morgan fingerprint density at radius 3 is 1.38 bits per heavy atom. The average Bonchev–Trinajstić information content (AvgIpc) is 2.59. The van der Waals surface area contributed by atoms with Crippen LogP contribution in [0.25, 0.3) is 0 Å². The number of carbonyl (C=O) groups excluding carboxylic acids is 2. The van der Waals surface area contributed by atoms with Gasteiger partial charge in [0.1, 0.15) is 11.6 Å². The van der Waals surface area contributed by atoms with Gasteiger partial charge in [-0.2, -0.15) is 0 Å². The van der Waals surface area contributed by atoms with Gasteiger partial charge in [0.05, 0.1) is 11.4 Å². The first kappa shape index (κ1) is 16.9. The molecule has 0 heterocycles. The molecule has 2 aromatic rings. The number of halogens is 2. The fourth-order valence-electron chi connectivity index (χ4n) is 1.46. The van der Waals surface area contributed by atoms with E-state index in [2.05, 4.69) is 20.6 Å². The summed E-state index contributed by atoms with van der Waals surface area (Å²) in [5.74, 6) is -2.58. The molecule has 2 N–H and O–H groups in total. The number of carbonyl (C=O) groups is 2. The Kier molecular flexibility index (Phi) is 5.84. The highest BCUT2D eigenvalue weighted by molar-refractivity contribution is 5.92. The SMILES string of the molecule is O=C(C=CC(=O)ONc1ccc(F)cc1)ONc1ccc(F)cc1. The van der Waals surface area contributed by atoms with Crippen molar-refractivity contribution in [1.82, 2.24) is 0 Å². The third kappa shape index (κ3) is 5.76. The van der Waals surface area contributed by atoms with Crippen molar-refractivity contribution in [3.05, 3.63) is 72.3 Å². The second-order valence-electron chi connectivity index (χ2n) is 4.39. The van der Waals surface area contributed by atoms with Crippen molar-refractivity contribution < 1.29 is 28.0 Å². The van der Waals surface area contributed by atoms with E-state index < -0.39 is 23.6 Å². The molecule has 0 aliphatic carbocycles. The van der Waals surface area contributed by atoms with Crippen LogP contribution in [0.2, 0.25) is 0 Å². The summed E-state index contributed by atoms with van der Waals surface area (Å²) >= 11 is 0. The fourth-order valence-corrected chi connectivity index (χ4v) is 1.46. The summed E-state index contributed by atoms with van der Waals surface area (Å²) in [6.07, 6.45) is 1.68. The van der Waals surface area contributed by atoms with Gasteiger partial charge >= 0.3 is 11.9 Å². The molecule has 0 saturated heterocycles. The maximum absolute atomic E-state index is 12.7. The molecule has 0 aliphatic heterocycles. The summed E-state index contributed by atoms with van der Waals surface area (Å²) in [5.41, 5.74) is 5.30. The molecule has 0 aliphatic rings. The van der Waals surface area contributed by atoms with Crippen molar-refractivity contribution in [1.29, 1.82) is 0 Å². The molecule has 6 nitrogen and oxygen atoms in total. The lowest BCUT2D eigenvalue weighted by atomic mass is 10.3. The predicted molar refractivity (Wildman–Crippen MR) is 81.4 cm³/mol. The van der Waals surface area contributed by atoms with E-state index in [1.807, 2.05) is 0 Å². The van der Waals surface area contributed by atoms with Gasteiger partial charge in [0.2, 0.25) is 0 Å². The molecule has 0 bridgehead atoms. The summed E-state index contributed by atoms with van der Waals surface area (Å²) in [5, 5.41) is 0. The maximum atomic E-state index is 12.7. The Hall–Kier alpha value is -3.42. The molecule has 0 atom stereocenters. The van der Waals surface area contributed by atoms with E-state index in [1.165, 1.54) is 48.5 Å². The number of hydrogen-bond donors (Lipinski definition) is 2. The minimum absolute atomic E-state index is 0.360. The zero-order valence-electron chi connectivity index (χ0n) is 12.2. The lowest BCUT2D eigenvalue weighted by Gasteiger charge is -2.05. The molecule has 8 heteroatoms. The highest BCUT2D eigenvalue weighted by Gasteiger charge is 2.03. The molecular formula is C16H12F2N2O4. The zero-order chi connectivity index (χ0) is 17.4. The van der Waals surface area contributed by atoms with Crippen molar-refractivity contribution in [2.24, 2.45) is 0 Å². The minimum atomic E-state index is -0.863. The van der Waals surface area contributed by atoms with E-state index in [0.717, 1.165) is 12.2 Å². The Bertz CT molecular complexity index is 667. The van der Waals surface area contributed by atoms with Crippen LogP contribution in [-0.2, 0) is 19.3 Å². The highest BCUT2D eigenvalue weighted by atomic mass is 19.1. The van der Waals surface area contributed by atoms with Gasteiger partial charge in [0, 0.05) is 12.2 Å². The second-order valence-corrected chi connectivity index (χ2v) is 4.39. The van der Waals surface area contributed by atoms with Gasteiger partial charge in [-0.1, -0.05) is 0 Å². The van der Waals surface area contributed by atoms with Crippen LogP contribution in [0.4, 0.5) is 20.2 Å². The molecule has 0 fully saturated rings. The second kappa shape index (κ2) is 8.28. The van der Waals surface area contributed by atoms with E-state index >= 15 is 0 Å². The highest BCUT2D eigenvalue weighted by Crippen LogP contribution is 2.09. The smallest absolute Gasteiger partial charge is 0.339 e. The average molecular weight is 334 g/mol. The molecule has 2 rings (SSSR count). The molecule has 0 amide bonds. The molecule has 124 valence electrons. The van der Waals surface area contributed by atoms with Crippen LogP contribution in [0.5, 0.6) is 0 Å². The van der Waals surface area contributed by atoms with Crippen molar-refractivity contribution >= 4 is 23.3 Å². The lowest BCUT2D eigenvalue weighted by molar-refractivity contribution is -0.137. The van der Waals surface area contributed by atoms with E-state index in [-0.39, 0.29) is 0 Å².